The van der Waals surface area contributed by atoms with Gasteiger partial charge in [0.15, 0.2) is 0 Å². The Kier molecular flexibility index (Phi) is 2.69. The van der Waals surface area contributed by atoms with Crippen molar-refractivity contribution in [1.29, 1.82) is 0 Å². The molecule has 0 amide bonds. The number of rotatable bonds is 1. The molecular weight excluding hydrogens is 250 g/mol. The minimum Gasteiger partial charge on any atom is -0.488 e. The number of aliphatic hydroxyl groups excluding tert-OH is 1. The van der Waals surface area contributed by atoms with E-state index in [9.17, 15) is 5.11 Å². The number of benzene rings is 1. The molecule has 3 nitrogen and oxygen atoms in total. The first-order chi connectivity index (χ1) is 9.74. The monoisotopic (exact) mass is 271 g/mol. The summed E-state index contributed by atoms with van der Waals surface area (Å²) in [7, 11) is 2.19. The molecule has 0 radical (unpaired) electrons. The third-order valence-electron chi connectivity index (χ3n) is 5.15. The number of ether oxygens (including phenoxy) is 1. The van der Waals surface area contributed by atoms with Gasteiger partial charge in [0, 0.05) is 17.7 Å². The summed E-state index contributed by atoms with van der Waals surface area (Å²) in [5.74, 6) is 0.969. The zero-order valence-electron chi connectivity index (χ0n) is 11.9. The summed E-state index contributed by atoms with van der Waals surface area (Å²) in [5.41, 5.74) is 3.70. The lowest BCUT2D eigenvalue weighted by atomic mass is 9.69. The molecule has 1 N–H and O–H groups in total. The highest BCUT2D eigenvalue weighted by molar-refractivity contribution is 5.57. The van der Waals surface area contributed by atoms with Crippen molar-refractivity contribution in [2.75, 3.05) is 13.6 Å². The molecule has 1 aromatic carbocycles. The van der Waals surface area contributed by atoms with Crippen molar-refractivity contribution in [2.24, 2.45) is 0 Å². The van der Waals surface area contributed by atoms with Crippen LogP contribution in [-0.2, 0) is 18.6 Å². The second kappa shape index (κ2) is 4.34. The standard InChI is InChI=1S/C17H21NO2/c1-18-9-8-17-7-3-2-4-14(17)20-16-13(11-19)6-5-12(10-18)15(16)17/h3,5-7,14,19H,2,4,8-11H2,1H3. The predicted octanol–water partition coefficient (Wildman–Crippen LogP) is 2.36. The van der Waals surface area contributed by atoms with E-state index in [0.717, 1.165) is 43.7 Å². The molecule has 0 bridgehead atoms. The SMILES string of the molecule is CN1CCC23C=CCCC2Oc2c(CO)ccc(c23)C1. The highest BCUT2D eigenvalue weighted by atomic mass is 16.5. The fourth-order valence-corrected chi connectivity index (χ4v) is 4.14. The Bertz CT molecular complexity index is 581. The van der Waals surface area contributed by atoms with Crippen molar-refractivity contribution in [3.8, 4) is 5.75 Å². The number of aliphatic hydroxyl groups is 1. The molecule has 0 saturated heterocycles. The van der Waals surface area contributed by atoms with Gasteiger partial charge in [-0.2, -0.15) is 0 Å². The molecule has 106 valence electrons. The molecule has 1 aliphatic carbocycles. The van der Waals surface area contributed by atoms with Gasteiger partial charge in [-0.25, -0.2) is 0 Å². The van der Waals surface area contributed by atoms with Crippen LogP contribution in [-0.4, -0.2) is 29.7 Å². The average molecular weight is 271 g/mol. The summed E-state index contributed by atoms with van der Waals surface area (Å²) in [6.45, 7) is 2.12. The first-order valence-corrected chi connectivity index (χ1v) is 7.53. The molecule has 3 aliphatic rings. The second-order valence-corrected chi connectivity index (χ2v) is 6.36. The topological polar surface area (TPSA) is 32.7 Å². The van der Waals surface area contributed by atoms with Crippen LogP contribution in [0.5, 0.6) is 5.75 Å². The molecule has 1 spiro atoms. The largest absolute Gasteiger partial charge is 0.488 e. The lowest BCUT2D eigenvalue weighted by molar-refractivity contribution is 0.140. The molecule has 0 fully saturated rings. The molecule has 0 saturated carbocycles. The van der Waals surface area contributed by atoms with Gasteiger partial charge in [-0.1, -0.05) is 24.3 Å². The average Bonchev–Trinajstić information content (AvgIpc) is 2.74. The van der Waals surface area contributed by atoms with Gasteiger partial charge in [0.25, 0.3) is 0 Å². The van der Waals surface area contributed by atoms with E-state index in [-0.39, 0.29) is 18.1 Å². The molecule has 2 aliphatic heterocycles. The number of nitrogens with zero attached hydrogens (tertiary/aromatic N) is 1. The minimum absolute atomic E-state index is 0.0405. The van der Waals surface area contributed by atoms with Gasteiger partial charge in [-0.05, 0) is 38.4 Å². The minimum atomic E-state index is 0.0405. The van der Waals surface area contributed by atoms with Gasteiger partial charge in [-0.15, -0.1) is 0 Å². The molecule has 3 heteroatoms. The van der Waals surface area contributed by atoms with E-state index in [4.69, 9.17) is 4.74 Å². The maximum atomic E-state index is 9.61. The van der Waals surface area contributed by atoms with Crippen molar-refractivity contribution in [3.63, 3.8) is 0 Å². The summed E-state index contributed by atoms with van der Waals surface area (Å²) in [5, 5.41) is 9.61. The third-order valence-corrected chi connectivity index (χ3v) is 5.15. The maximum Gasteiger partial charge on any atom is 0.129 e. The van der Waals surface area contributed by atoms with Gasteiger partial charge in [0.1, 0.15) is 11.9 Å². The Morgan fingerprint density at radius 1 is 1.45 bits per heavy atom. The van der Waals surface area contributed by atoms with E-state index in [2.05, 4.69) is 30.2 Å². The van der Waals surface area contributed by atoms with Gasteiger partial charge in [-0.3, -0.25) is 0 Å². The molecular formula is C17H21NO2. The summed E-state index contributed by atoms with van der Waals surface area (Å²) in [6, 6.07) is 4.21. The molecule has 2 atom stereocenters. The first-order valence-electron chi connectivity index (χ1n) is 7.53. The second-order valence-electron chi connectivity index (χ2n) is 6.36. The third kappa shape index (κ3) is 1.54. The fraction of sp³-hybridized carbons (Fsp3) is 0.529. The van der Waals surface area contributed by atoms with Crippen molar-refractivity contribution in [2.45, 2.75) is 43.9 Å². The number of hydrogen-bond acceptors (Lipinski definition) is 3. The quantitative estimate of drug-likeness (QED) is 0.796. The number of hydrogen-bond donors (Lipinski definition) is 1. The van der Waals surface area contributed by atoms with Crippen molar-refractivity contribution < 1.29 is 9.84 Å². The Morgan fingerprint density at radius 3 is 3.20 bits per heavy atom. The summed E-state index contributed by atoms with van der Waals surface area (Å²) in [4.78, 5) is 2.39. The van der Waals surface area contributed by atoms with E-state index in [1.54, 1.807) is 0 Å². The van der Waals surface area contributed by atoms with Gasteiger partial charge in [0.05, 0.1) is 12.0 Å². The summed E-state index contributed by atoms with van der Waals surface area (Å²) >= 11 is 0. The lowest BCUT2D eigenvalue weighted by Gasteiger charge is -2.34. The van der Waals surface area contributed by atoms with Crippen LogP contribution in [0.15, 0.2) is 24.3 Å². The van der Waals surface area contributed by atoms with Crippen molar-refractivity contribution in [1.82, 2.24) is 4.90 Å². The highest BCUT2D eigenvalue weighted by Gasteiger charge is 2.50. The molecule has 4 rings (SSSR count). The normalized spacial score (nSPS) is 31.4. The molecule has 0 aromatic heterocycles. The molecule has 2 unspecified atom stereocenters. The Hall–Kier alpha value is -1.32. The van der Waals surface area contributed by atoms with E-state index < -0.39 is 0 Å². The van der Waals surface area contributed by atoms with Crippen LogP contribution in [0.2, 0.25) is 0 Å². The summed E-state index contributed by atoms with van der Waals surface area (Å²) in [6.07, 6.45) is 8.24. The molecule has 2 heterocycles. The van der Waals surface area contributed by atoms with Crippen LogP contribution < -0.4 is 4.74 Å². The van der Waals surface area contributed by atoms with E-state index in [0.29, 0.717) is 0 Å². The van der Waals surface area contributed by atoms with Gasteiger partial charge >= 0.3 is 0 Å². The van der Waals surface area contributed by atoms with Gasteiger partial charge in [0.2, 0.25) is 0 Å². The van der Waals surface area contributed by atoms with Crippen molar-refractivity contribution >= 4 is 0 Å². The Balaban J connectivity index is 1.98. The van der Waals surface area contributed by atoms with Crippen LogP contribution in [0.4, 0.5) is 0 Å². The van der Waals surface area contributed by atoms with Gasteiger partial charge < -0.3 is 14.7 Å². The smallest absolute Gasteiger partial charge is 0.129 e. The van der Waals surface area contributed by atoms with E-state index in [1.807, 2.05) is 6.07 Å². The van der Waals surface area contributed by atoms with Crippen LogP contribution in [0.25, 0.3) is 0 Å². The van der Waals surface area contributed by atoms with Crippen LogP contribution >= 0.6 is 0 Å². The summed E-state index contributed by atoms with van der Waals surface area (Å²) < 4.78 is 6.31. The molecule has 1 aromatic rings. The van der Waals surface area contributed by atoms with Crippen LogP contribution in [0, 0.1) is 0 Å². The number of allylic oxidation sites excluding steroid dienone is 1. The van der Waals surface area contributed by atoms with Crippen LogP contribution in [0.1, 0.15) is 36.0 Å². The first kappa shape index (κ1) is 12.4. The van der Waals surface area contributed by atoms with E-state index >= 15 is 0 Å². The Morgan fingerprint density at radius 2 is 2.35 bits per heavy atom. The molecule has 20 heavy (non-hydrogen) atoms. The zero-order chi connectivity index (χ0) is 13.7. The predicted molar refractivity (Wildman–Crippen MR) is 77.8 cm³/mol. The van der Waals surface area contributed by atoms with E-state index in [1.165, 1.54) is 11.1 Å². The Labute approximate surface area is 119 Å². The van der Waals surface area contributed by atoms with Crippen molar-refractivity contribution in [3.05, 3.63) is 41.0 Å². The van der Waals surface area contributed by atoms with Crippen LogP contribution in [0.3, 0.4) is 0 Å². The highest BCUT2D eigenvalue weighted by Crippen LogP contribution is 2.53. The fourth-order valence-electron chi connectivity index (χ4n) is 4.14. The zero-order valence-corrected chi connectivity index (χ0v) is 11.9. The maximum absolute atomic E-state index is 9.61. The lowest BCUT2D eigenvalue weighted by Crippen LogP contribution is -2.39.